The van der Waals surface area contributed by atoms with Gasteiger partial charge in [-0.25, -0.2) is 13.2 Å². The Labute approximate surface area is 235 Å². The van der Waals surface area contributed by atoms with Crippen molar-refractivity contribution in [2.75, 3.05) is 13.2 Å². The van der Waals surface area contributed by atoms with Gasteiger partial charge in [0.05, 0.1) is 6.61 Å². The van der Waals surface area contributed by atoms with Gasteiger partial charge in [0.2, 0.25) is 0 Å². The highest BCUT2D eigenvalue weighted by atomic mass is 19.4. The van der Waals surface area contributed by atoms with Crippen LogP contribution in [0.2, 0.25) is 0 Å². The Bertz CT molecular complexity index is 1420. The smallest absolute Gasteiger partial charge is 0.422 e. The van der Waals surface area contributed by atoms with Crippen molar-refractivity contribution in [1.82, 2.24) is 0 Å². The van der Waals surface area contributed by atoms with Gasteiger partial charge in [-0.05, 0) is 77.2 Å². The summed E-state index contributed by atoms with van der Waals surface area (Å²) < 4.78 is 90.8. The molecule has 0 fully saturated rings. The zero-order valence-electron chi connectivity index (χ0n) is 22.8. The van der Waals surface area contributed by atoms with Crippen LogP contribution in [0.4, 0.5) is 26.3 Å². The first-order valence-corrected chi connectivity index (χ1v) is 13.8. The summed E-state index contributed by atoms with van der Waals surface area (Å²) in [5.41, 5.74) is 2.44. The molecule has 4 rings (SSSR count). The molecule has 0 saturated heterocycles. The van der Waals surface area contributed by atoms with Crippen LogP contribution in [0, 0.1) is 17.5 Å². The van der Waals surface area contributed by atoms with E-state index in [0.29, 0.717) is 22.9 Å². The second kappa shape index (κ2) is 13.8. The molecule has 0 aliphatic rings. The van der Waals surface area contributed by atoms with E-state index in [0.717, 1.165) is 41.9 Å². The third-order valence-electron chi connectivity index (χ3n) is 6.86. The van der Waals surface area contributed by atoms with E-state index in [1.54, 1.807) is 18.2 Å². The Morgan fingerprint density at radius 3 is 2.05 bits per heavy atom. The van der Waals surface area contributed by atoms with Crippen LogP contribution in [0.15, 0.2) is 66.7 Å². The lowest BCUT2D eigenvalue weighted by atomic mass is 9.97. The lowest BCUT2D eigenvalue weighted by molar-refractivity contribution is -0.154. The number of halogens is 6. The highest BCUT2D eigenvalue weighted by Crippen LogP contribution is 2.30. The first-order valence-electron chi connectivity index (χ1n) is 13.8. The predicted octanol–water partition coefficient (Wildman–Crippen LogP) is 10.00. The van der Waals surface area contributed by atoms with E-state index in [-0.39, 0.29) is 18.4 Å². The Hall–Kier alpha value is -3.68. The van der Waals surface area contributed by atoms with Gasteiger partial charge in [0.25, 0.3) is 0 Å². The van der Waals surface area contributed by atoms with E-state index < -0.39 is 36.0 Å². The molecule has 0 saturated carbocycles. The van der Waals surface area contributed by atoms with Gasteiger partial charge in [-0.15, -0.1) is 0 Å². The van der Waals surface area contributed by atoms with Crippen molar-refractivity contribution >= 4 is 10.8 Å². The summed E-state index contributed by atoms with van der Waals surface area (Å²) in [5.74, 6) is -3.18. The van der Waals surface area contributed by atoms with Gasteiger partial charge >= 0.3 is 6.18 Å². The Balaban J connectivity index is 1.39. The summed E-state index contributed by atoms with van der Waals surface area (Å²) in [7, 11) is 0. The summed E-state index contributed by atoms with van der Waals surface area (Å²) in [6, 6.07) is 18.5. The number of benzene rings is 4. The highest BCUT2D eigenvalue weighted by molar-refractivity contribution is 5.88. The maximum Gasteiger partial charge on any atom is 0.422 e. The monoisotopic (exact) mass is 574 g/mol. The third-order valence-corrected chi connectivity index (χ3v) is 6.86. The summed E-state index contributed by atoms with van der Waals surface area (Å²) in [6.07, 6.45) is 1.38. The van der Waals surface area contributed by atoms with Crippen molar-refractivity contribution in [2.45, 2.75) is 58.0 Å². The maximum absolute atomic E-state index is 15.3. The van der Waals surface area contributed by atoms with Crippen LogP contribution >= 0.6 is 0 Å². The van der Waals surface area contributed by atoms with Crippen LogP contribution in [-0.2, 0) is 12.8 Å². The molecule has 2 nitrogen and oxygen atoms in total. The average molecular weight is 575 g/mol. The van der Waals surface area contributed by atoms with E-state index in [1.807, 2.05) is 36.4 Å². The molecule has 0 aliphatic heterocycles. The minimum absolute atomic E-state index is 0.0844. The van der Waals surface area contributed by atoms with Gasteiger partial charge < -0.3 is 9.47 Å². The second-order valence-electron chi connectivity index (χ2n) is 10.1. The molecule has 0 N–H and O–H groups in total. The molecule has 218 valence electrons. The number of fused-ring (bicyclic) bond motifs is 1. The molecule has 41 heavy (non-hydrogen) atoms. The van der Waals surface area contributed by atoms with Crippen LogP contribution in [0.5, 0.6) is 11.5 Å². The topological polar surface area (TPSA) is 18.5 Å². The van der Waals surface area contributed by atoms with Crippen LogP contribution in [0.1, 0.15) is 50.2 Å². The van der Waals surface area contributed by atoms with E-state index in [4.69, 9.17) is 4.74 Å². The molecule has 8 heteroatoms. The summed E-state index contributed by atoms with van der Waals surface area (Å²) in [4.78, 5) is 0. The van der Waals surface area contributed by atoms with E-state index in [9.17, 15) is 22.0 Å². The Morgan fingerprint density at radius 2 is 1.37 bits per heavy atom. The Morgan fingerprint density at radius 1 is 0.683 bits per heavy atom. The zero-order valence-corrected chi connectivity index (χ0v) is 22.8. The molecule has 0 spiro atoms. The van der Waals surface area contributed by atoms with E-state index in [2.05, 4.69) is 11.7 Å². The number of aryl methyl sites for hydroxylation is 2. The SMILES string of the molecule is CCCCCCCOc1ccc(-c2ccc3c(F)c(CCc4cc(F)c(OCC(F)(F)F)c(F)c4)ccc3c2)cc1. The number of unbranched alkanes of at least 4 members (excludes halogenated alkanes) is 4. The molecule has 0 radical (unpaired) electrons. The van der Waals surface area contributed by atoms with Crippen LogP contribution in [-0.4, -0.2) is 19.4 Å². The predicted molar refractivity (Wildman–Crippen MR) is 149 cm³/mol. The van der Waals surface area contributed by atoms with Gasteiger partial charge in [-0.2, -0.15) is 13.2 Å². The lowest BCUT2D eigenvalue weighted by Gasteiger charge is -2.12. The van der Waals surface area contributed by atoms with Gasteiger partial charge in [0.1, 0.15) is 11.6 Å². The first-order chi connectivity index (χ1) is 19.6. The van der Waals surface area contributed by atoms with Gasteiger partial charge in [0, 0.05) is 5.39 Å². The van der Waals surface area contributed by atoms with Crippen LogP contribution < -0.4 is 9.47 Å². The quantitative estimate of drug-likeness (QED) is 0.117. The van der Waals surface area contributed by atoms with Crippen molar-refractivity contribution in [3.05, 3.63) is 95.3 Å². The van der Waals surface area contributed by atoms with E-state index in [1.165, 1.54) is 19.3 Å². The minimum Gasteiger partial charge on any atom is -0.494 e. The fraction of sp³-hybridized carbons (Fsp3) is 0.333. The maximum atomic E-state index is 15.3. The molecular formula is C33H32F6O2. The summed E-state index contributed by atoms with van der Waals surface area (Å²) in [6.45, 7) is 1.07. The number of ether oxygens (including phenoxy) is 2. The fourth-order valence-electron chi connectivity index (χ4n) is 4.68. The first kappa shape index (κ1) is 30.3. The molecule has 0 amide bonds. The van der Waals surface area contributed by atoms with Gasteiger partial charge in [0.15, 0.2) is 24.0 Å². The third kappa shape index (κ3) is 8.41. The van der Waals surface area contributed by atoms with Crippen LogP contribution in [0.25, 0.3) is 21.9 Å². The van der Waals surface area contributed by atoms with Crippen LogP contribution in [0.3, 0.4) is 0 Å². The molecule has 0 aliphatic carbocycles. The van der Waals surface area contributed by atoms with Crippen molar-refractivity contribution in [3.8, 4) is 22.6 Å². The average Bonchev–Trinajstić information content (AvgIpc) is 2.93. The highest BCUT2D eigenvalue weighted by Gasteiger charge is 2.30. The Kier molecular flexibility index (Phi) is 10.2. The molecule has 0 bridgehead atoms. The number of rotatable bonds is 13. The largest absolute Gasteiger partial charge is 0.494 e. The molecule has 0 atom stereocenters. The van der Waals surface area contributed by atoms with E-state index >= 15 is 4.39 Å². The standard InChI is InChI=1S/C33H32F6O2/c1-2-3-4-5-6-17-40-27-14-11-23(12-15-27)25-13-16-28-26(20-25)10-9-24(31(28)36)8-7-22-18-29(34)32(30(35)19-22)41-21-33(37,38)39/h9-16,18-20H,2-8,17,21H2,1H3. The van der Waals surface area contributed by atoms with Crippen molar-refractivity contribution in [1.29, 1.82) is 0 Å². The molecule has 4 aromatic rings. The second-order valence-corrected chi connectivity index (χ2v) is 10.1. The summed E-state index contributed by atoms with van der Waals surface area (Å²) in [5, 5.41) is 1.13. The molecule has 0 aromatic heterocycles. The van der Waals surface area contributed by atoms with Gasteiger partial charge in [-0.3, -0.25) is 0 Å². The number of alkyl halides is 3. The van der Waals surface area contributed by atoms with Crippen molar-refractivity contribution < 1.29 is 35.8 Å². The van der Waals surface area contributed by atoms with Crippen molar-refractivity contribution in [3.63, 3.8) is 0 Å². The molecular weight excluding hydrogens is 542 g/mol. The van der Waals surface area contributed by atoms with Crippen molar-refractivity contribution in [2.24, 2.45) is 0 Å². The molecule has 0 heterocycles. The molecule has 0 unspecified atom stereocenters. The number of hydrogen-bond acceptors (Lipinski definition) is 2. The minimum atomic E-state index is -4.72. The fourth-order valence-corrected chi connectivity index (χ4v) is 4.68. The zero-order chi connectivity index (χ0) is 29.4. The van der Waals surface area contributed by atoms with Gasteiger partial charge in [-0.1, -0.05) is 69.0 Å². The number of hydrogen-bond donors (Lipinski definition) is 0. The molecule has 4 aromatic carbocycles. The normalized spacial score (nSPS) is 11.7. The lowest BCUT2D eigenvalue weighted by Crippen LogP contribution is -2.20. The summed E-state index contributed by atoms with van der Waals surface area (Å²) >= 11 is 0.